The van der Waals surface area contributed by atoms with E-state index in [2.05, 4.69) is 75.7 Å². The molecule has 2 aromatic rings. The molecular weight excluding hydrogens is 348 g/mol. The molecule has 2 aliphatic heterocycles. The summed E-state index contributed by atoms with van der Waals surface area (Å²) < 4.78 is 1.19. The van der Waals surface area contributed by atoms with Crippen LogP contribution >= 0.6 is 15.9 Å². The molecule has 2 heterocycles. The Bertz CT molecular complexity index is 802. The largest absolute Gasteiger partial charge is 0.362 e. The van der Waals surface area contributed by atoms with Crippen LogP contribution in [-0.2, 0) is 11.8 Å². The number of hydrogen-bond acceptors (Lipinski definition) is 2. The van der Waals surface area contributed by atoms with Crippen molar-refractivity contribution in [2.75, 3.05) is 17.3 Å². The molecule has 1 saturated carbocycles. The maximum atomic E-state index is 3.99. The van der Waals surface area contributed by atoms with Crippen molar-refractivity contribution in [3.63, 3.8) is 0 Å². The van der Waals surface area contributed by atoms with Crippen molar-refractivity contribution < 1.29 is 0 Å². The van der Waals surface area contributed by atoms with E-state index in [0.717, 1.165) is 6.42 Å². The summed E-state index contributed by atoms with van der Waals surface area (Å²) in [7, 11) is 2.28. The van der Waals surface area contributed by atoms with Gasteiger partial charge in [-0.15, -0.1) is 0 Å². The summed E-state index contributed by atoms with van der Waals surface area (Å²) in [6.45, 7) is 0. The van der Waals surface area contributed by atoms with Crippen LogP contribution in [0.5, 0.6) is 0 Å². The highest BCUT2D eigenvalue weighted by Gasteiger charge is 2.63. The summed E-state index contributed by atoms with van der Waals surface area (Å²) >= 11 is 3.71. The van der Waals surface area contributed by atoms with E-state index in [1.165, 1.54) is 52.7 Å². The summed E-state index contributed by atoms with van der Waals surface area (Å²) in [6.07, 6.45) is 6.25. The minimum absolute atomic E-state index is 0.0305. The lowest BCUT2D eigenvalue weighted by molar-refractivity contribution is 0.170. The van der Waals surface area contributed by atoms with E-state index in [0.29, 0.717) is 0 Å². The first-order valence-corrected chi connectivity index (χ1v) is 9.36. The van der Waals surface area contributed by atoms with Gasteiger partial charge in [0.25, 0.3) is 0 Å². The second-order valence-electron chi connectivity index (χ2n) is 7.33. The molecule has 3 aliphatic rings. The molecule has 1 N–H and O–H groups in total. The second kappa shape index (κ2) is 4.54. The average molecular weight is 369 g/mol. The molecular formula is C20H21BrN2. The number of benzene rings is 2. The molecule has 2 aromatic carbocycles. The Morgan fingerprint density at radius 2 is 1.91 bits per heavy atom. The molecule has 2 atom stereocenters. The molecule has 0 unspecified atom stereocenters. The average Bonchev–Trinajstić information content (AvgIpc) is 2.78. The van der Waals surface area contributed by atoms with Gasteiger partial charge in [0.2, 0.25) is 0 Å². The molecule has 23 heavy (non-hydrogen) atoms. The van der Waals surface area contributed by atoms with Crippen LogP contribution in [0.3, 0.4) is 0 Å². The highest BCUT2D eigenvalue weighted by molar-refractivity contribution is 9.10. The third-order valence-electron chi connectivity index (χ3n) is 6.44. The maximum absolute atomic E-state index is 3.99. The van der Waals surface area contributed by atoms with Crippen LogP contribution in [0.25, 0.3) is 0 Å². The van der Waals surface area contributed by atoms with Crippen LogP contribution < -0.4 is 10.2 Å². The maximum Gasteiger partial charge on any atom is 0.120 e. The van der Waals surface area contributed by atoms with Crippen LogP contribution in [0, 0.1) is 0 Å². The fourth-order valence-corrected chi connectivity index (χ4v) is 5.79. The van der Waals surface area contributed by atoms with Crippen molar-refractivity contribution in [1.29, 1.82) is 0 Å². The van der Waals surface area contributed by atoms with E-state index in [1.807, 2.05) is 0 Å². The number of hydrogen-bond donors (Lipinski definition) is 1. The normalized spacial score (nSPS) is 30.8. The number of likely N-dealkylation sites (N-methyl/N-ethyl adjacent to an activating group) is 1. The molecule has 0 spiro atoms. The molecule has 1 aliphatic carbocycles. The lowest BCUT2D eigenvalue weighted by atomic mass is 9.59. The van der Waals surface area contributed by atoms with Crippen LogP contribution in [0.15, 0.2) is 46.9 Å². The first-order valence-electron chi connectivity index (χ1n) is 8.56. The number of nitrogens with zero attached hydrogens (tertiary/aromatic N) is 1. The monoisotopic (exact) mass is 368 g/mol. The Labute approximate surface area is 146 Å². The molecule has 1 fully saturated rings. The lowest BCUT2D eigenvalue weighted by Crippen LogP contribution is -2.66. The predicted molar refractivity (Wildman–Crippen MR) is 99.2 cm³/mol. The van der Waals surface area contributed by atoms with Crippen LogP contribution in [0.2, 0.25) is 0 Å². The van der Waals surface area contributed by atoms with E-state index in [4.69, 9.17) is 0 Å². The predicted octanol–water partition coefficient (Wildman–Crippen LogP) is 5.08. The topological polar surface area (TPSA) is 15.3 Å². The zero-order valence-corrected chi connectivity index (χ0v) is 15.0. The number of anilines is 2. The van der Waals surface area contributed by atoms with Gasteiger partial charge in [0.1, 0.15) is 5.66 Å². The van der Waals surface area contributed by atoms with E-state index in [9.17, 15) is 0 Å². The summed E-state index contributed by atoms with van der Waals surface area (Å²) in [6, 6.07) is 15.7. The molecule has 0 aromatic heterocycles. The molecule has 2 nitrogen and oxygen atoms in total. The first kappa shape index (κ1) is 13.9. The molecule has 0 saturated heterocycles. The fraction of sp³-hybridized carbons (Fsp3) is 0.400. The van der Waals surface area contributed by atoms with Gasteiger partial charge in [-0.3, -0.25) is 0 Å². The smallest absolute Gasteiger partial charge is 0.120 e. The Morgan fingerprint density at radius 3 is 2.83 bits per heavy atom. The van der Waals surface area contributed by atoms with Gasteiger partial charge in [-0.1, -0.05) is 40.5 Å². The summed E-state index contributed by atoms with van der Waals surface area (Å²) in [5.41, 5.74) is 5.93. The number of halogens is 1. The minimum atomic E-state index is 0.0305. The van der Waals surface area contributed by atoms with Crippen LogP contribution in [0.4, 0.5) is 11.4 Å². The molecule has 0 radical (unpaired) electrons. The molecule has 118 valence electrons. The Balaban J connectivity index is 1.80. The highest BCUT2D eigenvalue weighted by Crippen LogP contribution is 2.61. The zero-order valence-electron chi connectivity index (χ0n) is 13.4. The van der Waals surface area contributed by atoms with Gasteiger partial charge >= 0.3 is 0 Å². The minimum Gasteiger partial charge on any atom is -0.362 e. The molecule has 5 rings (SSSR count). The number of para-hydroxylation sites is 1. The Morgan fingerprint density at radius 1 is 1.09 bits per heavy atom. The first-order chi connectivity index (χ1) is 11.2. The number of rotatable bonds is 0. The van der Waals surface area contributed by atoms with Gasteiger partial charge in [0, 0.05) is 28.3 Å². The lowest BCUT2D eigenvalue weighted by Gasteiger charge is -2.56. The third kappa shape index (κ3) is 1.59. The quantitative estimate of drug-likeness (QED) is 0.697. The van der Waals surface area contributed by atoms with Crippen LogP contribution in [-0.4, -0.2) is 12.7 Å². The van der Waals surface area contributed by atoms with Gasteiger partial charge < -0.3 is 10.2 Å². The van der Waals surface area contributed by atoms with Crippen molar-refractivity contribution in [1.82, 2.24) is 0 Å². The summed E-state index contributed by atoms with van der Waals surface area (Å²) in [4.78, 5) is 2.53. The molecule has 0 amide bonds. The zero-order chi connectivity index (χ0) is 15.7. The Kier molecular flexibility index (Phi) is 2.74. The van der Waals surface area contributed by atoms with E-state index in [1.54, 1.807) is 0 Å². The van der Waals surface area contributed by atoms with E-state index >= 15 is 0 Å². The highest BCUT2D eigenvalue weighted by atomic mass is 79.9. The third-order valence-corrected chi connectivity index (χ3v) is 6.94. The van der Waals surface area contributed by atoms with Gasteiger partial charge in [-0.25, -0.2) is 0 Å². The van der Waals surface area contributed by atoms with E-state index in [-0.39, 0.29) is 11.1 Å². The van der Waals surface area contributed by atoms with Crippen molar-refractivity contribution >= 4 is 27.3 Å². The van der Waals surface area contributed by atoms with Crippen LogP contribution in [0.1, 0.15) is 36.8 Å². The van der Waals surface area contributed by atoms with Crippen molar-refractivity contribution in [3.8, 4) is 0 Å². The van der Waals surface area contributed by atoms with Gasteiger partial charge in [0.05, 0.1) is 0 Å². The fourth-order valence-electron chi connectivity index (χ4n) is 5.43. The summed E-state index contributed by atoms with van der Waals surface area (Å²) in [5.74, 6) is 0. The Hall–Kier alpha value is -1.48. The van der Waals surface area contributed by atoms with E-state index < -0.39 is 0 Å². The standard InChI is InChI=1S/C20H21BrN2/c1-23-18-9-8-15(21)12-16(18)19-10-4-5-11-20(19,23)22-17-7-3-2-6-14(17)13-19/h2-3,6-9,12,22H,4-5,10-11,13H2,1H3/t19-,20+/m0/s1. The number of fused-ring (bicyclic) bond motifs is 2. The number of nitrogens with one attached hydrogen (secondary N) is 1. The second-order valence-corrected chi connectivity index (χ2v) is 8.24. The van der Waals surface area contributed by atoms with Gasteiger partial charge in [-0.2, -0.15) is 0 Å². The van der Waals surface area contributed by atoms with Crippen molar-refractivity contribution in [2.24, 2.45) is 0 Å². The summed E-state index contributed by atoms with van der Waals surface area (Å²) in [5, 5.41) is 3.99. The SMILES string of the molecule is CN1c2ccc(Br)cc2[C@@]23CCCC[C@@]12Nc1ccccc1C3. The van der Waals surface area contributed by atoms with Gasteiger partial charge in [0.15, 0.2) is 0 Å². The van der Waals surface area contributed by atoms with Crippen molar-refractivity contribution in [3.05, 3.63) is 58.1 Å². The van der Waals surface area contributed by atoms with Gasteiger partial charge in [-0.05, 0) is 61.1 Å². The molecule has 3 heteroatoms. The molecule has 0 bridgehead atoms. The van der Waals surface area contributed by atoms with Crippen molar-refractivity contribution in [2.45, 2.75) is 43.2 Å².